The number of carboxylic acids is 1. The fraction of sp³-hybridized carbons (Fsp3) is 0.750. The van der Waals surface area contributed by atoms with Gasteiger partial charge in [0, 0.05) is 0 Å². The maximum absolute atomic E-state index is 10.8. The predicted octanol–water partition coefficient (Wildman–Crippen LogP) is 0.985. The van der Waals surface area contributed by atoms with E-state index in [0.29, 0.717) is 6.42 Å². The van der Waals surface area contributed by atoms with Crippen LogP contribution < -0.4 is 5.32 Å². The van der Waals surface area contributed by atoms with Crippen LogP contribution in [0.25, 0.3) is 0 Å². The summed E-state index contributed by atoms with van der Waals surface area (Å²) in [6.45, 7) is 1.96. The highest BCUT2D eigenvalue weighted by atomic mass is 35.5. The molecule has 0 fully saturated rings. The van der Waals surface area contributed by atoms with Gasteiger partial charge < -0.3 is 10.4 Å². The van der Waals surface area contributed by atoms with Crippen molar-refractivity contribution in [3.8, 4) is 0 Å². The van der Waals surface area contributed by atoms with Crippen LogP contribution in [0.2, 0.25) is 0 Å². The van der Waals surface area contributed by atoms with Crippen LogP contribution in [0.1, 0.15) is 26.2 Å². The predicted molar refractivity (Wildman–Crippen MR) is 49.8 cm³/mol. The smallest absolute Gasteiger partial charge is 0.326 e. The van der Waals surface area contributed by atoms with Crippen molar-refractivity contribution in [2.75, 3.05) is 5.88 Å². The highest BCUT2D eigenvalue weighted by molar-refractivity contribution is 6.27. The molecule has 0 aliphatic heterocycles. The number of hydrogen-bond donors (Lipinski definition) is 2. The van der Waals surface area contributed by atoms with Gasteiger partial charge in [-0.25, -0.2) is 4.79 Å². The van der Waals surface area contributed by atoms with Gasteiger partial charge in [0.15, 0.2) is 0 Å². The highest BCUT2D eigenvalue weighted by Gasteiger charge is 2.18. The topological polar surface area (TPSA) is 66.4 Å². The quantitative estimate of drug-likeness (QED) is 0.639. The van der Waals surface area contributed by atoms with Crippen LogP contribution in [0.5, 0.6) is 0 Å². The first kappa shape index (κ1) is 12.2. The molecule has 1 amide bonds. The van der Waals surface area contributed by atoms with Crippen molar-refractivity contribution in [3.05, 3.63) is 0 Å². The largest absolute Gasteiger partial charge is 0.480 e. The Balaban J connectivity index is 3.94. The summed E-state index contributed by atoms with van der Waals surface area (Å²) in [4.78, 5) is 21.4. The molecule has 0 aromatic rings. The van der Waals surface area contributed by atoms with E-state index in [1.165, 1.54) is 0 Å². The summed E-state index contributed by atoms with van der Waals surface area (Å²) < 4.78 is 0. The minimum Gasteiger partial charge on any atom is -0.480 e. The van der Waals surface area contributed by atoms with Crippen molar-refractivity contribution in [2.45, 2.75) is 32.2 Å². The molecule has 0 aliphatic rings. The van der Waals surface area contributed by atoms with E-state index < -0.39 is 17.9 Å². The normalized spacial score (nSPS) is 12.2. The SMILES string of the molecule is CCCC[C@@H](NC(=O)CCl)C(=O)O. The van der Waals surface area contributed by atoms with Gasteiger partial charge in [-0.3, -0.25) is 4.79 Å². The van der Waals surface area contributed by atoms with Crippen molar-refractivity contribution in [1.29, 1.82) is 0 Å². The molecular weight excluding hydrogens is 194 g/mol. The molecule has 13 heavy (non-hydrogen) atoms. The molecule has 5 heteroatoms. The first-order valence-electron chi connectivity index (χ1n) is 4.20. The number of halogens is 1. The van der Waals surface area contributed by atoms with Crippen LogP contribution in [-0.4, -0.2) is 28.9 Å². The van der Waals surface area contributed by atoms with Crippen molar-refractivity contribution in [1.82, 2.24) is 5.32 Å². The lowest BCUT2D eigenvalue weighted by molar-refractivity contribution is -0.141. The zero-order chi connectivity index (χ0) is 10.3. The lowest BCUT2D eigenvalue weighted by Crippen LogP contribution is -2.41. The zero-order valence-corrected chi connectivity index (χ0v) is 8.30. The Bertz CT molecular complexity index is 184. The Kier molecular flexibility index (Phi) is 6.32. The molecule has 0 aromatic carbocycles. The molecular formula is C8H14ClNO3. The number of alkyl halides is 1. The Morgan fingerprint density at radius 3 is 2.54 bits per heavy atom. The average Bonchev–Trinajstić information content (AvgIpc) is 2.11. The minimum absolute atomic E-state index is 0.199. The summed E-state index contributed by atoms with van der Waals surface area (Å²) in [5.74, 6) is -1.65. The lowest BCUT2D eigenvalue weighted by Gasteiger charge is -2.12. The van der Waals surface area contributed by atoms with Crippen LogP contribution >= 0.6 is 11.6 Å². The van der Waals surface area contributed by atoms with Gasteiger partial charge in [-0.1, -0.05) is 19.8 Å². The fourth-order valence-electron chi connectivity index (χ4n) is 0.899. The second-order valence-corrected chi connectivity index (χ2v) is 3.00. The molecule has 0 heterocycles. The van der Waals surface area contributed by atoms with E-state index >= 15 is 0 Å². The molecule has 1 atom stereocenters. The summed E-state index contributed by atoms with van der Waals surface area (Å²) >= 11 is 5.23. The zero-order valence-electron chi connectivity index (χ0n) is 7.55. The third-order valence-corrected chi connectivity index (χ3v) is 1.84. The number of carbonyl (C=O) groups is 2. The number of aliphatic carboxylic acids is 1. The van der Waals surface area contributed by atoms with Crippen LogP contribution in [0.4, 0.5) is 0 Å². The number of unbranched alkanes of at least 4 members (excludes halogenated alkanes) is 1. The molecule has 0 unspecified atom stereocenters. The molecule has 0 aliphatic carbocycles. The van der Waals surface area contributed by atoms with Crippen molar-refractivity contribution >= 4 is 23.5 Å². The fourth-order valence-corrected chi connectivity index (χ4v) is 0.976. The molecule has 0 radical (unpaired) electrons. The van der Waals surface area contributed by atoms with Crippen molar-refractivity contribution in [3.63, 3.8) is 0 Å². The Hall–Kier alpha value is -0.770. The molecule has 0 rings (SSSR count). The third-order valence-electron chi connectivity index (χ3n) is 1.60. The van der Waals surface area contributed by atoms with E-state index in [4.69, 9.17) is 16.7 Å². The first-order chi connectivity index (χ1) is 6.11. The van der Waals surface area contributed by atoms with E-state index in [1.807, 2.05) is 6.92 Å². The number of rotatable bonds is 6. The lowest BCUT2D eigenvalue weighted by atomic mass is 10.1. The summed E-state index contributed by atoms with van der Waals surface area (Å²) in [5, 5.41) is 11.0. The van der Waals surface area contributed by atoms with Gasteiger partial charge in [0.05, 0.1) is 0 Å². The molecule has 2 N–H and O–H groups in total. The number of carboxylic acid groups (broad SMARTS) is 1. The van der Waals surface area contributed by atoms with Crippen LogP contribution in [0, 0.1) is 0 Å². The van der Waals surface area contributed by atoms with Crippen molar-refractivity contribution < 1.29 is 14.7 Å². The molecule has 4 nitrogen and oxygen atoms in total. The van der Waals surface area contributed by atoms with Gasteiger partial charge in [0.1, 0.15) is 11.9 Å². The molecule has 0 saturated heterocycles. The summed E-state index contributed by atoms with van der Waals surface area (Å²) in [6, 6.07) is -0.800. The van der Waals surface area contributed by atoms with Gasteiger partial charge in [0.25, 0.3) is 0 Å². The number of carbonyl (C=O) groups excluding carboxylic acids is 1. The first-order valence-corrected chi connectivity index (χ1v) is 4.73. The van der Waals surface area contributed by atoms with E-state index in [0.717, 1.165) is 12.8 Å². The second kappa shape index (κ2) is 6.71. The van der Waals surface area contributed by atoms with Gasteiger partial charge in [0.2, 0.25) is 5.91 Å². The third kappa shape index (κ3) is 5.47. The van der Waals surface area contributed by atoms with Gasteiger partial charge in [-0.2, -0.15) is 0 Å². The van der Waals surface area contributed by atoms with Crippen LogP contribution in [0.15, 0.2) is 0 Å². The maximum atomic E-state index is 10.8. The van der Waals surface area contributed by atoms with E-state index in [-0.39, 0.29) is 5.88 Å². The van der Waals surface area contributed by atoms with E-state index in [2.05, 4.69) is 5.32 Å². The number of nitrogens with one attached hydrogen (secondary N) is 1. The highest BCUT2D eigenvalue weighted by Crippen LogP contribution is 2.00. The van der Waals surface area contributed by atoms with Gasteiger partial charge >= 0.3 is 5.97 Å². The number of hydrogen-bond acceptors (Lipinski definition) is 2. The monoisotopic (exact) mass is 207 g/mol. The van der Waals surface area contributed by atoms with Gasteiger partial charge in [-0.15, -0.1) is 11.6 Å². The molecule has 76 valence electrons. The second-order valence-electron chi connectivity index (χ2n) is 2.73. The van der Waals surface area contributed by atoms with E-state index in [9.17, 15) is 9.59 Å². The molecule has 0 spiro atoms. The summed E-state index contributed by atoms with van der Waals surface area (Å²) in [7, 11) is 0. The minimum atomic E-state index is -1.01. The van der Waals surface area contributed by atoms with E-state index in [1.54, 1.807) is 0 Å². The maximum Gasteiger partial charge on any atom is 0.326 e. The molecule has 0 saturated carbocycles. The Labute approximate surface area is 82.3 Å². The van der Waals surface area contributed by atoms with Crippen LogP contribution in [0.3, 0.4) is 0 Å². The molecule has 0 aromatic heterocycles. The van der Waals surface area contributed by atoms with Crippen molar-refractivity contribution in [2.24, 2.45) is 0 Å². The Morgan fingerprint density at radius 2 is 2.15 bits per heavy atom. The van der Waals surface area contributed by atoms with Crippen LogP contribution in [-0.2, 0) is 9.59 Å². The Morgan fingerprint density at radius 1 is 1.54 bits per heavy atom. The molecule has 0 bridgehead atoms. The number of amides is 1. The average molecular weight is 208 g/mol. The summed E-state index contributed by atoms with van der Waals surface area (Å²) in [5.41, 5.74) is 0. The van der Waals surface area contributed by atoms with Gasteiger partial charge in [-0.05, 0) is 6.42 Å². The summed E-state index contributed by atoms with van der Waals surface area (Å²) in [6.07, 6.45) is 2.13. The standard InChI is InChI=1S/C8H14ClNO3/c1-2-3-4-6(8(12)13)10-7(11)5-9/h6H,2-5H2,1H3,(H,10,11)(H,12,13)/t6-/m1/s1.